The van der Waals surface area contributed by atoms with Crippen LogP contribution in [0.2, 0.25) is 0 Å². The van der Waals surface area contributed by atoms with Gasteiger partial charge in [0, 0.05) is 11.8 Å². The van der Waals surface area contributed by atoms with Gasteiger partial charge in [0.25, 0.3) is 10.0 Å². The predicted octanol–water partition coefficient (Wildman–Crippen LogP) is 4.45. The van der Waals surface area contributed by atoms with Crippen LogP contribution >= 0.6 is 12.2 Å². The first kappa shape index (κ1) is 22.3. The van der Waals surface area contributed by atoms with E-state index in [4.69, 9.17) is 21.7 Å². The van der Waals surface area contributed by atoms with Gasteiger partial charge in [0.15, 0.2) is 5.11 Å². The molecule has 0 bridgehead atoms. The SMILES string of the molecule is COc1ccc(NS(=O)(=O)c2cc(OC)ccc2NC(=S)Nc2ccccc2F)cc1. The topological polar surface area (TPSA) is 88.7 Å². The summed E-state index contributed by atoms with van der Waals surface area (Å²) in [4.78, 5) is -0.0969. The molecule has 3 N–H and O–H groups in total. The summed E-state index contributed by atoms with van der Waals surface area (Å²) in [6.45, 7) is 0. The Morgan fingerprint density at radius 3 is 2.13 bits per heavy atom. The second kappa shape index (κ2) is 9.63. The van der Waals surface area contributed by atoms with E-state index >= 15 is 0 Å². The van der Waals surface area contributed by atoms with Gasteiger partial charge in [-0.15, -0.1) is 0 Å². The zero-order valence-electron chi connectivity index (χ0n) is 16.7. The van der Waals surface area contributed by atoms with Crippen LogP contribution < -0.4 is 24.8 Å². The lowest BCUT2D eigenvalue weighted by atomic mass is 10.3. The summed E-state index contributed by atoms with van der Waals surface area (Å²) in [5.41, 5.74) is 0.701. The minimum Gasteiger partial charge on any atom is -0.497 e. The zero-order chi connectivity index (χ0) is 22.4. The number of halogens is 1. The fourth-order valence-electron chi connectivity index (χ4n) is 2.66. The Morgan fingerprint density at radius 2 is 1.48 bits per heavy atom. The van der Waals surface area contributed by atoms with E-state index in [0.717, 1.165) is 0 Å². The Bertz CT molecular complexity index is 1190. The highest BCUT2D eigenvalue weighted by Crippen LogP contribution is 2.29. The Balaban J connectivity index is 1.87. The van der Waals surface area contributed by atoms with Crippen LogP contribution in [0.15, 0.2) is 71.6 Å². The van der Waals surface area contributed by atoms with Crippen LogP contribution in [0.5, 0.6) is 11.5 Å². The second-order valence-electron chi connectivity index (χ2n) is 6.26. The molecule has 0 saturated heterocycles. The highest BCUT2D eigenvalue weighted by molar-refractivity contribution is 7.93. The van der Waals surface area contributed by atoms with Gasteiger partial charge in [-0.2, -0.15) is 0 Å². The van der Waals surface area contributed by atoms with Crippen molar-refractivity contribution in [2.24, 2.45) is 0 Å². The van der Waals surface area contributed by atoms with Crippen molar-refractivity contribution in [3.8, 4) is 11.5 Å². The Morgan fingerprint density at radius 1 is 0.871 bits per heavy atom. The molecule has 0 radical (unpaired) electrons. The number of thiocarbonyl (C=S) groups is 1. The minimum absolute atomic E-state index is 0.0242. The smallest absolute Gasteiger partial charge is 0.264 e. The van der Waals surface area contributed by atoms with Crippen molar-refractivity contribution in [1.29, 1.82) is 0 Å². The Labute approximate surface area is 185 Å². The maximum atomic E-state index is 13.9. The molecule has 0 heterocycles. The predicted molar refractivity (Wildman–Crippen MR) is 123 cm³/mol. The van der Waals surface area contributed by atoms with E-state index in [0.29, 0.717) is 17.2 Å². The lowest BCUT2D eigenvalue weighted by Crippen LogP contribution is -2.22. The summed E-state index contributed by atoms with van der Waals surface area (Å²) < 4.78 is 52.8. The molecular formula is C21H20FN3O4S2. The van der Waals surface area contributed by atoms with Crippen molar-refractivity contribution < 1.29 is 22.3 Å². The summed E-state index contributed by atoms with van der Waals surface area (Å²) in [7, 11) is -1.07. The lowest BCUT2D eigenvalue weighted by molar-refractivity contribution is 0.413. The van der Waals surface area contributed by atoms with Gasteiger partial charge in [0.05, 0.1) is 25.6 Å². The monoisotopic (exact) mass is 461 g/mol. The molecule has 0 unspecified atom stereocenters. The van der Waals surface area contributed by atoms with E-state index in [1.807, 2.05) is 0 Å². The number of nitrogens with one attached hydrogen (secondary N) is 3. The third-order valence-corrected chi connectivity index (χ3v) is 5.82. The average molecular weight is 462 g/mol. The van der Waals surface area contributed by atoms with Crippen molar-refractivity contribution in [2.75, 3.05) is 29.6 Å². The van der Waals surface area contributed by atoms with Crippen LogP contribution in [-0.4, -0.2) is 27.7 Å². The van der Waals surface area contributed by atoms with Crippen LogP contribution in [0, 0.1) is 5.82 Å². The first-order valence-corrected chi connectivity index (χ1v) is 10.9. The van der Waals surface area contributed by atoms with Crippen molar-refractivity contribution in [1.82, 2.24) is 0 Å². The lowest BCUT2D eigenvalue weighted by Gasteiger charge is -2.16. The number of para-hydroxylation sites is 1. The first-order chi connectivity index (χ1) is 14.8. The van der Waals surface area contributed by atoms with E-state index in [2.05, 4.69) is 15.4 Å². The molecule has 3 rings (SSSR count). The van der Waals surface area contributed by atoms with Crippen molar-refractivity contribution >= 4 is 44.4 Å². The third-order valence-electron chi connectivity index (χ3n) is 4.19. The zero-order valence-corrected chi connectivity index (χ0v) is 18.3. The maximum absolute atomic E-state index is 13.9. The van der Waals surface area contributed by atoms with Gasteiger partial charge in [-0.05, 0) is 60.7 Å². The number of sulfonamides is 1. The van der Waals surface area contributed by atoms with Crippen LogP contribution in [0.4, 0.5) is 21.5 Å². The number of hydrogen-bond acceptors (Lipinski definition) is 5. The molecule has 31 heavy (non-hydrogen) atoms. The molecule has 0 fully saturated rings. The van der Waals surface area contributed by atoms with Crippen molar-refractivity contribution in [3.63, 3.8) is 0 Å². The average Bonchev–Trinajstić information content (AvgIpc) is 2.76. The van der Waals surface area contributed by atoms with E-state index in [1.165, 1.54) is 38.5 Å². The summed E-state index contributed by atoms with van der Waals surface area (Å²) in [6, 6.07) is 16.9. The minimum atomic E-state index is -4.02. The summed E-state index contributed by atoms with van der Waals surface area (Å²) in [6.07, 6.45) is 0. The molecule has 0 aliphatic carbocycles. The van der Waals surface area contributed by atoms with Crippen molar-refractivity contribution in [3.05, 3.63) is 72.5 Å². The van der Waals surface area contributed by atoms with Gasteiger partial charge >= 0.3 is 0 Å². The van der Waals surface area contributed by atoms with Gasteiger partial charge in [0.1, 0.15) is 22.2 Å². The quantitative estimate of drug-likeness (QED) is 0.448. The van der Waals surface area contributed by atoms with Crippen LogP contribution in [0.3, 0.4) is 0 Å². The molecule has 0 amide bonds. The molecule has 0 saturated carbocycles. The molecule has 0 spiro atoms. The van der Waals surface area contributed by atoms with Gasteiger partial charge < -0.3 is 20.1 Å². The van der Waals surface area contributed by atoms with Crippen molar-refractivity contribution in [2.45, 2.75) is 4.90 Å². The number of hydrogen-bond donors (Lipinski definition) is 3. The summed E-state index contributed by atoms with van der Waals surface area (Å²) >= 11 is 5.23. The molecule has 0 aromatic heterocycles. The number of benzene rings is 3. The third kappa shape index (κ3) is 5.62. The van der Waals surface area contributed by atoms with Crippen LogP contribution in [0.1, 0.15) is 0 Å². The molecule has 10 heteroatoms. The largest absolute Gasteiger partial charge is 0.497 e. The standard InChI is InChI=1S/C21H20FN3O4S2/c1-28-15-9-7-14(8-10-15)25-31(26,27)20-13-16(29-2)11-12-19(20)24-21(30)23-18-6-4-3-5-17(18)22/h3-13,25H,1-2H3,(H2,23,24,30). The highest BCUT2D eigenvalue weighted by atomic mass is 32.2. The molecule has 162 valence electrons. The number of methoxy groups -OCH3 is 2. The van der Waals surface area contributed by atoms with Crippen LogP contribution in [-0.2, 0) is 10.0 Å². The van der Waals surface area contributed by atoms with Gasteiger partial charge in [-0.25, -0.2) is 12.8 Å². The van der Waals surface area contributed by atoms with Crippen LogP contribution in [0.25, 0.3) is 0 Å². The maximum Gasteiger partial charge on any atom is 0.264 e. The molecule has 7 nitrogen and oxygen atoms in total. The Hall–Kier alpha value is -3.37. The van der Waals surface area contributed by atoms with E-state index in [9.17, 15) is 12.8 Å². The Kier molecular flexibility index (Phi) is 6.93. The molecule has 0 aliphatic rings. The summed E-state index contributed by atoms with van der Waals surface area (Å²) in [5, 5.41) is 5.54. The van der Waals surface area contributed by atoms with E-state index < -0.39 is 15.8 Å². The van der Waals surface area contributed by atoms with E-state index in [-0.39, 0.29) is 21.4 Å². The first-order valence-electron chi connectivity index (χ1n) is 9.00. The molecule has 3 aromatic carbocycles. The van der Waals surface area contributed by atoms with Gasteiger partial charge in [-0.1, -0.05) is 12.1 Å². The summed E-state index contributed by atoms with van der Waals surface area (Å²) in [5.74, 6) is 0.445. The number of ether oxygens (including phenoxy) is 2. The normalized spacial score (nSPS) is 10.8. The fraction of sp³-hybridized carbons (Fsp3) is 0.0952. The van der Waals surface area contributed by atoms with Gasteiger partial charge in [0.2, 0.25) is 0 Å². The van der Waals surface area contributed by atoms with Gasteiger partial charge in [-0.3, -0.25) is 4.72 Å². The highest BCUT2D eigenvalue weighted by Gasteiger charge is 2.21. The second-order valence-corrected chi connectivity index (χ2v) is 8.31. The molecular weight excluding hydrogens is 441 g/mol. The molecule has 3 aromatic rings. The fourth-order valence-corrected chi connectivity index (χ4v) is 4.12. The number of rotatable bonds is 7. The molecule has 0 atom stereocenters. The molecule has 0 aliphatic heterocycles. The van der Waals surface area contributed by atoms with E-state index in [1.54, 1.807) is 42.5 Å². The number of anilines is 3.